The van der Waals surface area contributed by atoms with Crippen molar-refractivity contribution < 1.29 is 23.8 Å². The first-order valence-electron chi connectivity index (χ1n) is 12.3. The summed E-state index contributed by atoms with van der Waals surface area (Å²) in [6.07, 6.45) is 3.33. The van der Waals surface area contributed by atoms with Gasteiger partial charge < -0.3 is 24.0 Å². The minimum atomic E-state index is -0.486. The van der Waals surface area contributed by atoms with Gasteiger partial charge in [-0.15, -0.1) is 0 Å². The van der Waals surface area contributed by atoms with E-state index in [-0.39, 0.29) is 24.8 Å². The van der Waals surface area contributed by atoms with Crippen molar-refractivity contribution in [2.45, 2.75) is 64.7 Å². The number of likely N-dealkylation sites (tertiary alicyclic amines) is 1. The summed E-state index contributed by atoms with van der Waals surface area (Å²) in [5.41, 5.74) is 0.508. The number of hydrogen-bond donors (Lipinski definition) is 0. The van der Waals surface area contributed by atoms with Crippen molar-refractivity contribution in [2.24, 2.45) is 17.8 Å². The highest BCUT2D eigenvalue weighted by Gasteiger charge is 2.46. The number of ether oxygens (including phenoxy) is 3. The van der Waals surface area contributed by atoms with E-state index >= 15 is 0 Å². The van der Waals surface area contributed by atoms with Gasteiger partial charge in [-0.05, 0) is 69.8 Å². The predicted molar refractivity (Wildman–Crippen MR) is 125 cm³/mol. The number of hydrogen-bond acceptors (Lipinski definition) is 5. The van der Waals surface area contributed by atoms with Crippen LogP contribution >= 0.6 is 0 Å². The molecule has 3 atom stereocenters. The van der Waals surface area contributed by atoms with Gasteiger partial charge in [-0.25, -0.2) is 9.59 Å². The molecule has 2 aliphatic heterocycles. The van der Waals surface area contributed by atoms with Gasteiger partial charge in [0, 0.05) is 38.9 Å². The van der Waals surface area contributed by atoms with E-state index in [9.17, 15) is 9.59 Å². The fourth-order valence-corrected chi connectivity index (χ4v) is 5.38. The van der Waals surface area contributed by atoms with Crippen LogP contribution in [0.2, 0.25) is 0 Å². The molecule has 1 aromatic carbocycles. The molecule has 7 heteroatoms. The van der Waals surface area contributed by atoms with Crippen LogP contribution in [0, 0.1) is 17.8 Å². The number of nitrogens with zero attached hydrogens (tertiary/aromatic N) is 2. The number of amides is 2. The number of rotatable bonds is 5. The minimum Gasteiger partial charge on any atom is -0.445 e. The lowest BCUT2D eigenvalue weighted by atomic mass is 9.98. The number of carbonyl (C=O) groups is 2. The van der Waals surface area contributed by atoms with Crippen molar-refractivity contribution >= 4 is 12.2 Å². The molecule has 2 saturated heterocycles. The number of fused-ring (bicyclic) bond motifs is 1. The van der Waals surface area contributed by atoms with E-state index in [1.54, 1.807) is 0 Å². The summed E-state index contributed by atoms with van der Waals surface area (Å²) in [7, 11) is 0. The molecule has 2 heterocycles. The van der Waals surface area contributed by atoms with Crippen LogP contribution in [0.25, 0.3) is 0 Å². The normalized spacial score (nSPS) is 25.5. The molecule has 3 fully saturated rings. The van der Waals surface area contributed by atoms with E-state index < -0.39 is 5.60 Å². The van der Waals surface area contributed by atoms with Crippen LogP contribution in [0.1, 0.15) is 52.0 Å². The van der Waals surface area contributed by atoms with Gasteiger partial charge in [0.05, 0.1) is 0 Å². The molecular weight excluding hydrogens is 420 g/mol. The van der Waals surface area contributed by atoms with E-state index in [0.29, 0.717) is 30.8 Å². The molecule has 0 bridgehead atoms. The summed E-state index contributed by atoms with van der Waals surface area (Å²) >= 11 is 0. The second kappa shape index (κ2) is 10.3. The molecule has 0 spiro atoms. The lowest BCUT2D eigenvalue weighted by Crippen LogP contribution is -2.44. The number of carbonyl (C=O) groups excluding carboxylic acids is 2. The van der Waals surface area contributed by atoms with E-state index in [1.807, 2.05) is 60.9 Å². The Morgan fingerprint density at radius 3 is 2.30 bits per heavy atom. The monoisotopic (exact) mass is 458 g/mol. The van der Waals surface area contributed by atoms with Crippen LogP contribution in [0.3, 0.4) is 0 Å². The van der Waals surface area contributed by atoms with Gasteiger partial charge in [-0.3, -0.25) is 0 Å². The Morgan fingerprint density at radius 1 is 1.06 bits per heavy atom. The van der Waals surface area contributed by atoms with Crippen LogP contribution in [-0.4, -0.2) is 66.5 Å². The molecule has 1 saturated carbocycles. The Labute approximate surface area is 197 Å². The molecule has 4 rings (SSSR count). The standard InChI is InChI=1S/C26H38N2O5/c1-26(2,3)33-24(29)27-16-21-13-23(14-22(21)17-27)28(15-19-9-11-31-12-10-19)25(30)32-18-20-7-5-4-6-8-20/h4-8,19,21-23H,9-18H2,1-3H3/t21-,22+,23-. The molecule has 2 amide bonds. The van der Waals surface area contributed by atoms with Crippen molar-refractivity contribution in [1.29, 1.82) is 0 Å². The maximum Gasteiger partial charge on any atom is 0.410 e. The average molecular weight is 459 g/mol. The van der Waals surface area contributed by atoms with Crippen molar-refractivity contribution in [3.63, 3.8) is 0 Å². The summed E-state index contributed by atoms with van der Waals surface area (Å²) in [5, 5.41) is 0. The molecule has 0 unspecified atom stereocenters. The first kappa shape index (κ1) is 23.9. The first-order chi connectivity index (χ1) is 15.8. The van der Waals surface area contributed by atoms with Gasteiger partial charge in [0.1, 0.15) is 12.2 Å². The van der Waals surface area contributed by atoms with Gasteiger partial charge in [-0.1, -0.05) is 30.3 Å². The summed E-state index contributed by atoms with van der Waals surface area (Å²) in [6, 6.07) is 9.98. The molecule has 1 aliphatic carbocycles. The smallest absolute Gasteiger partial charge is 0.410 e. The lowest BCUT2D eigenvalue weighted by Gasteiger charge is -2.34. The Balaban J connectivity index is 1.37. The minimum absolute atomic E-state index is 0.159. The average Bonchev–Trinajstić information content (AvgIpc) is 3.36. The molecule has 0 radical (unpaired) electrons. The fraction of sp³-hybridized carbons (Fsp3) is 0.692. The molecule has 3 aliphatic rings. The van der Waals surface area contributed by atoms with Crippen molar-refractivity contribution in [3.05, 3.63) is 35.9 Å². The van der Waals surface area contributed by atoms with Gasteiger partial charge in [0.25, 0.3) is 0 Å². The van der Waals surface area contributed by atoms with Gasteiger partial charge in [0.2, 0.25) is 0 Å². The first-order valence-corrected chi connectivity index (χ1v) is 12.3. The van der Waals surface area contributed by atoms with Crippen LogP contribution in [0.4, 0.5) is 9.59 Å². The van der Waals surface area contributed by atoms with Crippen molar-refractivity contribution in [1.82, 2.24) is 9.80 Å². The third kappa shape index (κ3) is 6.40. The number of benzene rings is 1. The van der Waals surface area contributed by atoms with Crippen molar-refractivity contribution in [3.8, 4) is 0 Å². The predicted octanol–water partition coefficient (Wildman–Crippen LogP) is 4.70. The summed E-state index contributed by atoms with van der Waals surface area (Å²) in [4.78, 5) is 29.5. The van der Waals surface area contributed by atoms with E-state index in [2.05, 4.69) is 0 Å². The van der Waals surface area contributed by atoms with Crippen LogP contribution in [0.15, 0.2) is 30.3 Å². The van der Waals surface area contributed by atoms with Gasteiger partial charge in [-0.2, -0.15) is 0 Å². The van der Waals surface area contributed by atoms with E-state index in [4.69, 9.17) is 14.2 Å². The second-order valence-corrected chi connectivity index (χ2v) is 10.8. The molecule has 182 valence electrons. The molecule has 1 aromatic rings. The zero-order chi connectivity index (χ0) is 23.4. The molecular formula is C26H38N2O5. The largest absolute Gasteiger partial charge is 0.445 e. The molecule has 33 heavy (non-hydrogen) atoms. The third-order valence-corrected chi connectivity index (χ3v) is 7.05. The topological polar surface area (TPSA) is 68.3 Å². The van der Waals surface area contributed by atoms with Crippen LogP contribution < -0.4 is 0 Å². The van der Waals surface area contributed by atoms with E-state index in [0.717, 1.165) is 51.0 Å². The molecule has 7 nitrogen and oxygen atoms in total. The van der Waals surface area contributed by atoms with Crippen LogP contribution in [-0.2, 0) is 20.8 Å². The maximum absolute atomic E-state index is 13.2. The SMILES string of the molecule is CC(C)(C)OC(=O)N1C[C@H]2C[C@@H](N(CC3CCOCC3)C(=O)OCc3ccccc3)C[C@H]2C1. The van der Waals surface area contributed by atoms with Crippen LogP contribution in [0.5, 0.6) is 0 Å². The fourth-order valence-electron chi connectivity index (χ4n) is 5.38. The summed E-state index contributed by atoms with van der Waals surface area (Å²) in [6.45, 7) is 9.64. The Hall–Kier alpha value is -2.28. The quantitative estimate of drug-likeness (QED) is 0.640. The maximum atomic E-state index is 13.2. The third-order valence-electron chi connectivity index (χ3n) is 7.05. The van der Waals surface area contributed by atoms with Crippen molar-refractivity contribution in [2.75, 3.05) is 32.8 Å². The Kier molecular flexibility index (Phi) is 7.47. The van der Waals surface area contributed by atoms with E-state index in [1.165, 1.54) is 0 Å². The second-order valence-electron chi connectivity index (χ2n) is 10.8. The zero-order valence-corrected chi connectivity index (χ0v) is 20.2. The Bertz CT molecular complexity index is 789. The highest BCUT2D eigenvalue weighted by molar-refractivity contribution is 5.69. The summed E-state index contributed by atoms with van der Waals surface area (Å²) < 4.78 is 16.8. The highest BCUT2D eigenvalue weighted by atomic mass is 16.6. The zero-order valence-electron chi connectivity index (χ0n) is 20.2. The highest BCUT2D eigenvalue weighted by Crippen LogP contribution is 2.41. The van der Waals surface area contributed by atoms with Gasteiger partial charge >= 0.3 is 12.2 Å². The molecule has 0 N–H and O–H groups in total. The Morgan fingerprint density at radius 2 is 1.70 bits per heavy atom. The lowest BCUT2D eigenvalue weighted by molar-refractivity contribution is 0.0251. The molecule has 0 aromatic heterocycles. The summed E-state index contributed by atoms with van der Waals surface area (Å²) in [5.74, 6) is 1.25. The van der Waals surface area contributed by atoms with Gasteiger partial charge in [0.15, 0.2) is 0 Å².